The van der Waals surface area contributed by atoms with Crippen LogP contribution in [-0.4, -0.2) is 29.9 Å². The Morgan fingerprint density at radius 3 is 2.31 bits per heavy atom. The van der Waals surface area contributed by atoms with Gasteiger partial charge in [0, 0.05) is 30.0 Å². The highest BCUT2D eigenvalue weighted by Gasteiger charge is 2.16. The molecule has 3 rings (SSSR count). The zero-order valence-corrected chi connectivity index (χ0v) is 18.7. The van der Waals surface area contributed by atoms with Crippen LogP contribution in [0.15, 0.2) is 72.8 Å². The summed E-state index contributed by atoms with van der Waals surface area (Å²) in [6, 6.07) is 19.4. The highest BCUT2D eigenvalue weighted by atomic mass is 35.5. The number of aliphatic hydroxyl groups excluding tert-OH is 1. The van der Waals surface area contributed by atoms with Crippen LogP contribution in [0.25, 0.3) is 6.08 Å². The number of hydrogen-bond donors (Lipinski definition) is 3. The Morgan fingerprint density at radius 2 is 1.62 bits per heavy atom. The third kappa shape index (κ3) is 6.20. The van der Waals surface area contributed by atoms with Gasteiger partial charge in [-0.25, -0.2) is 0 Å². The van der Waals surface area contributed by atoms with Crippen molar-refractivity contribution in [1.29, 1.82) is 0 Å². The minimum Gasteiger partial charge on any atom is -0.396 e. The van der Waals surface area contributed by atoms with Crippen molar-refractivity contribution in [2.75, 3.05) is 23.8 Å². The fourth-order valence-corrected chi connectivity index (χ4v) is 3.38. The summed E-state index contributed by atoms with van der Waals surface area (Å²) in [6.07, 6.45) is 3.79. The van der Waals surface area contributed by atoms with Crippen molar-refractivity contribution in [2.24, 2.45) is 0 Å². The average Bonchev–Trinajstić information content (AvgIpc) is 2.82. The SMILES string of the molecule is O=C(Nc1ccc(C(=O)/C=C/c2ccc(NCCCO)cc2)c(Cl)c1Cl)c1ccccc1. The van der Waals surface area contributed by atoms with Crippen molar-refractivity contribution in [2.45, 2.75) is 6.42 Å². The van der Waals surface area contributed by atoms with Gasteiger partial charge in [0.2, 0.25) is 0 Å². The number of ketones is 1. The lowest BCUT2D eigenvalue weighted by Crippen LogP contribution is -2.12. The summed E-state index contributed by atoms with van der Waals surface area (Å²) in [5, 5.41) is 14.9. The number of halogens is 2. The van der Waals surface area contributed by atoms with Crippen molar-refractivity contribution < 1.29 is 14.7 Å². The molecule has 0 heterocycles. The molecule has 0 aliphatic carbocycles. The second kappa shape index (κ2) is 11.5. The van der Waals surface area contributed by atoms with Crippen molar-refractivity contribution in [1.82, 2.24) is 0 Å². The van der Waals surface area contributed by atoms with Gasteiger partial charge in [-0.3, -0.25) is 9.59 Å². The minimum atomic E-state index is -0.322. The maximum atomic E-state index is 12.6. The highest BCUT2D eigenvalue weighted by Crippen LogP contribution is 2.34. The van der Waals surface area contributed by atoms with Gasteiger partial charge in [-0.05, 0) is 54.5 Å². The van der Waals surface area contributed by atoms with Gasteiger partial charge < -0.3 is 15.7 Å². The van der Waals surface area contributed by atoms with Crippen LogP contribution < -0.4 is 10.6 Å². The lowest BCUT2D eigenvalue weighted by atomic mass is 10.1. The molecule has 3 aromatic rings. The second-order valence-electron chi connectivity index (χ2n) is 6.93. The molecule has 32 heavy (non-hydrogen) atoms. The molecular formula is C25H22Cl2N2O3. The van der Waals surface area contributed by atoms with Crippen LogP contribution in [-0.2, 0) is 0 Å². The molecule has 0 saturated carbocycles. The summed E-state index contributed by atoms with van der Waals surface area (Å²) in [5.41, 5.74) is 2.84. The molecule has 0 bridgehead atoms. The molecule has 0 unspecified atom stereocenters. The van der Waals surface area contributed by atoms with Crippen LogP contribution in [0, 0.1) is 0 Å². The van der Waals surface area contributed by atoms with Crippen molar-refractivity contribution in [3.05, 3.63) is 99.5 Å². The van der Waals surface area contributed by atoms with Crippen molar-refractivity contribution >= 4 is 52.3 Å². The van der Waals surface area contributed by atoms with E-state index in [4.69, 9.17) is 28.3 Å². The zero-order chi connectivity index (χ0) is 22.9. The Hall–Kier alpha value is -3.12. The van der Waals surface area contributed by atoms with Gasteiger partial charge in [-0.2, -0.15) is 0 Å². The fourth-order valence-electron chi connectivity index (χ4n) is 2.91. The van der Waals surface area contributed by atoms with Crippen LogP contribution >= 0.6 is 23.2 Å². The Kier molecular flexibility index (Phi) is 8.45. The van der Waals surface area contributed by atoms with Gasteiger partial charge in [-0.15, -0.1) is 0 Å². The Labute approximate surface area is 196 Å². The number of carbonyl (C=O) groups is 2. The van der Waals surface area contributed by atoms with E-state index in [1.54, 1.807) is 36.4 Å². The van der Waals surface area contributed by atoms with E-state index >= 15 is 0 Å². The predicted molar refractivity (Wildman–Crippen MR) is 131 cm³/mol. The van der Waals surface area contributed by atoms with Gasteiger partial charge in [-0.1, -0.05) is 59.6 Å². The molecule has 0 aliphatic rings. The van der Waals surface area contributed by atoms with E-state index in [1.165, 1.54) is 12.1 Å². The van der Waals surface area contributed by atoms with Crippen molar-refractivity contribution in [3.63, 3.8) is 0 Å². The highest BCUT2D eigenvalue weighted by molar-refractivity contribution is 6.46. The molecule has 0 atom stereocenters. The van der Waals surface area contributed by atoms with E-state index in [1.807, 2.05) is 30.3 Å². The van der Waals surface area contributed by atoms with Crippen LogP contribution in [0.5, 0.6) is 0 Å². The van der Waals surface area contributed by atoms with Crippen LogP contribution in [0.1, 0.15) is 32.7 Å². The summed E-state index contributed by atoms with van der Waals surface area (Å²) >= 11 is 12.6. The average molecular weight is 469 g/mol. The summed E-state index contributed by atoms with van der Waals surface area (Å²) in [4.78, 5) is 25.0. The summed E-state index contributed by atoms with van der Waals surface area (Å²) in [5.74, 6) is -0.625. The Bertz CT molecular complexity index is 1110. The molecule has 0 saturated heterocycles. The normalized spacial score (nSPS) is 10.8. The maximum Gasteiger partial charge on any atom is 0.255 e. The van der Waals surface area contributed by atoms with E-state index in [0.717, 1.165) is 11.3 Å². The predicted octanol–water partition coefficient (Wildman–Crippen LogP) is 5.94. The largest absolute Gasteiger partial charge is 0.396 e. The first-order valence-corrected chi connectivity index (χ1v) is 10.8. The molecule has 0 aromatic heterocycles. The van der Waals surface area contributed by atoms with E-state index < -0.39 is 0 Å². The molecule has 0 spiro atoms. The number of allylic oxidation sites excluding steroid dienone is 1. The number of carbonyl (C=O) groups excluding carboxylic acids is 2. The Morgan fingerprint density at radius 1 is 0.906 bits per heavy atom. The summed E-state index contributed by atoms with van der Waals surface area (Å²) in [6.45, 7) is 0.827. The molecule has 164 valence electrons. The molecule has 0 fully saturated rings. The molecule has 3 aromatic carbocycles. The first-order chi connectivity index (χ1) is 15.5. The first-order valence-electron chi connectivity index (χ1n) is 10.0. The van der Waals surface area contributed by atoms with Crippen LogP contribution in [0.2, 0.25) is 10.0 Å². The summed E-state index contributed by atoms with van der Waals surface area (Å²) in [7, 11) is 0. The van der Waals surface area contributed by atoms with E-state index in [9.17, 15) is 9.59 Å². The first kappa shape index (κ1) is 23.5. The number of benzene rings is 3. The third-order valence-corrected chi connectivity index (χ3v) is 5.52. The van der Waals surface area contributed by atoms with Crippen molar-refractivity contribution in [3.8, 4) is 0 Å². The van der Waals surface area contributed by atoms with Gasteiger partial charge in [0.05, 0.1) is 15.7 Å². The standard InChI is InChI=1S/C25H22Cl2N2O3/c26-23-20(12-13-21(24(23)27)29-25(32)18-5-2-1-3-6-18)22(31)14-9-17-7-10-19(11-8-17)28-15-4-16-30/h1-3,5-14,28,30H,4,15-16H2,(H,29,32)/b14-9+. The van der Waals surface area contributed by atoms with Gasteiger partial charge in [0.15, 0.2) is 5.78 Å². The summed E-state index contributed by atoms with van der Waals surface area (Å²) < 4.78 is 0. The quantitative estimate of drug-likeness (QED) is 0.206. The lowest BCUT2D eigenvalue weighted by molar-refractivity contribution is 0.102. The minimum absolute atomic E-state index is 0.0793. The van der Waals surface area contributed by atoms with E-state index in [2.05, 4.69) is 10.6 Å². The monoisotopic (exact) mass is 468 g/mol. The molecular weight excluding hydrogens is 447 g/mol. The number of hydrogen-bond acceptors (Lipinski definition) is 4. The smallest absolute Gasteiger partial charge is 0.255 e. The maximum absolute atomic E-state index is 12.6. The van der Waals surface area contributed by atoms with Gasteiger partial charge in [0.25, 0.3) is 5.91 Å². The van der Waals surface area contributed by atoms with E-state index in [0.29, 0.717) is 24.2 Å². The number of anilines is 2. The topological polar surface area (TPSA) is 78.4 Å². The third-order valence-electron chi connectivity index (χ3n) is 4.63. The van der Waals surface area contributed by atoms with E-state index in [-0.39, 0.29) is 33.9 Å². The molecule has 5 nitrogen and oxygen atoms in total. The molecule has 0 radical (unpaired) electrons. The van der Waals surface area contributed by atoms with Crippen LogP contribution in [0.3, 0.4) is 0 Å². The molecule has 3 N–H and O–H groups in total. The molecule has 0 aliphatic heterocycles. The molecule has 7 heteroatoms. The molecule has 1 amide bonds. The van der Waals surface area contributed by atoms with Crippen LogP contribution in [0.4, 0.5) is 11.4 Å². The number of aliphatic hydroxyl groups is 1. The number of rotatable bonds is 9. The zero-order valence-electron chi connectivity index (χ0n) is 17.1. The second-order valence-corrected chi connectivity index (χ2v) is 7.69. The lowest BCUT2D eigenvalue weighted by Gasteiger charge is -2.10. The van der Waals surface area contributed by atoms with Gasteiger partial charge >= 0.3 is 0 Å². The fraction of sp³-hybridized carbons (Fsp3) is 0.120. The number of amides is 1. The number of nitrogens with one attached hydrogen (secondary N) is 2. The van der Waals surface area contributed by atoms with Gasteiger partial charge in [0.1, 0.15) is 0 Å². The Balaban J connectivity index is 1.68.